The van der Waals surface area contributed by atoms with Crippen molar-refractivity contribution in [3.63, 3.8) is 0 Å². The van der Waals surface area contributed by atoms with Crippen LogP contribution in [0.5, 0.6) is 5.75 Å². The number of hydrogen-bond acceptors (Lipinski definition) is 4. The molecule has 1 N–H and O–H groups in total. The van der Waals surface area contributed by atoms with Gasteiger partial charge in [-0.2, -0.15) is 0 Å². The van der Waals surface area contributed by atoms with E-state index in [0.29, 0.717) is 27.7 Å². The molecule has 1 atom stereocenters. The number of carboxylic acids is 1. The Hall–Kier alpha value is -2.82. The molecule has 0 radical (unpaired) electrons. The highest BCUT2D eigenvalue weighted by molar-refractivity contribution is 5.90. The Morgan fingerprint density at radius 1 is 1.14 bits per heavy atom. The zero-order chi connectivity index (χ0) is 15.0. The average Bonchev–Trinajstić information content (AvgIpc) is 2.48. The lowest BCUT2D eigenvalue weighted by Gasteiger charge is -2.10. The summed E-state index contributed by atoms with van der Waals surface area (Å²) in [5.74, 6) is -0.749. The fourth-order valence-electron chi connectivity index (χ4n) is 2.11. The number of carbonyl (C=O) groups is 1. The quantitative estimate of drug-likeness (QED) is 0.748. The summed E-state index contributed by atoms with van der Waals surface area (Å²) in [5.41, 5.74) is 0.789. The van der Waals surface area contributed by atoms with Crippen LogP contribution in [0.1, 0.15) is 6.92 Å². The first-order valence-electron chi connectivity index (χ1n) is 6.41. The summed E-state index contributed by atoms with van der Waals surface area (Å²) in [6, 6.07) is 11.7. The monoisotopic (exact) mass is 284 g/mol. The van der Waals surface area contributed by atoms with Crippen molar-refractivity contribution >= 4 is 27.9 Å². The van der Waals surface area contributed by atoms with Crippen molar-refractivity contribution in [3.05, 3.63) is 52.7 Å². The van der Waals surface area contributed by atoms with Gasteiger partial charge in [0.15, 0.2) is 6.10 Å². The highest BCUT2D eigenvalue weighted by atomic mass is 16.5. The van der Waals surface area contributed by atoms with Gasteiger partial charge < -0.3 is 14.3 Å². The fraction of sp³-hybridized carbons (Fsp3) is 0.125. The Bertz CT molecular complexity index is 894. The van der Waals surface area contributed by atoms with Crippen LogP contribution in [0.4, 0.5) is 0 Å². The van der Waals surface area contributed by atoms with Gasteiger partial charge in [0, 0.05) is 0 Å². The molecule has 5 heteroatoms. The SMILES string of the molecule is C[C@@H](Oc1ccc2oc3ccccc3c(=O)c2c1)C(=O)O. The molecular formula is C16H12O5. The third-order valence-corrected chi connectivity index (χ3v) is 3.21. The van der Waals surface area contributed by atoms with E-state index in [-0.39, 0.29) is 5.43 Å². The molecule has 1 heterocycles. The van der Waals surface area contributed by atoms with E-state index in [1.54, 1.807) is 36.4 Å². The minimum absolute atomic E-state index is 0.166. The van der Waals surface area contributed by atoms with E-state index in [1.165, 1.54) is 13.0 Å². The molecule has 0 saturated heterocycles. The van der Waals surface area contributed by atoms with Crippen molar-refractivity contribution in [1.82, 2.24) is 0 Å². The van der Waals surface area contributed by atoms with Gasteiger partial charge in [0.05, 0.1) is 10.8 Å². The third-order valence-electron chi connectivity index (χ3n) is 3.21. The maximum absolute atomic E-state index is 12.4. The summed E-state index contributed by atoms with van der Waals surface area (Å²) >= 11 is 0. The highest BCUT2D eigenvalue weighted by Gasteiger charge is 2.14. The van der Waals surface area contributed by atoms with Crippen LogP contribution in [0.2, 0.25) is 0 Å². The molecule has 3 aromatic rings. The van der Waals surface area contributed by atoms with Crippen LogP contribution < -0.4 is 10.2 Å². The Labute approximate surface area is 119 Å². The first kappa shape index (κ1) is 13.2. The molecule has 2 aromatic carbocycles. The van der Waals surface area contributed by atoms with Crippen molar-refractivity contribution in [1.29, 1.82) is 0 Å². The van der Waals surface area contributed by atoms with E-state index in [1.807, 2.05) is 0 Å². The van der Waals surface area contributed by atoms with Crippen molar-refractivity contribution in [2.24, 2.45) is 0 Å². The summed E-state index contributed by atoms with van der Waals surface area (Å²) < 4.78 is 10.9. The lowest BCUT2D eigenvalue weighted by atomic mass is 10.1. The van der Waals surface area contributed by atoms with Crippen LogP contribution in [0.25, 0.3) is 21.9 Å². The number of carboxylic acid groups (broad SMARTS) is 1. The Morgan fingerprint density at radius 2 is 1.86 bits per heavy atom. The zero-order valence-electron chi connectivity index (χ0n) is 11.2. The molecule has 0 amide bonds. The van der Waals surface area contributed by atoms with Gasteiger partial charge in [-0.25, -0.2) is 4.79 Å². The molecule has 106 valence electrons. The Morgan fingerprint density at radius 3 is 2.62 bits per heavy atom. The normalized spacial score (nSPS) is 12.4. The lowest BCUT2D eigenvalue weighted by molar-refractivity contribution is -0.144. The molecule has 0 aliphatic carbocycles. The predicted octanol–water partition coefficient (Wildman–Crippen LogP) is 2.80. The minimum atomic E-state index is -1.07. The molecular weight excluding hydrogens is 272 g/mol. The van der Waals surface area contributed by atoms with Crippen LogP contribution in [0, 0.1) is 0 Å². The van der Waals surface area contributed by atoms with Crippen LogP contribution in [-0.4, -0.2) is 17.2 Å². The van der Waals surface area contributed by atoms with Crippen molar-refractivity contribution in [2.45, 2.75) is 13.0 Å². The van der Waals surface area contributed by atoms with Gasteiger partial charge in [-0.3, -0.25) is 4.79 Å². The fourth-order valence-corrected chi connectivity index (χ4v) is 2.11. The minimum Gasteiger partial charge on any atom is -0.479 e. The molecule has 5 nitrogen and oxygen atoms in total. The second kappa shape index (κ2) is 4.94. The number of rotatable bonds is 3. The highest BCUT2D eigenvalue weighted by Crippen LogP contribution is 2.23. The van der Waals surface area contributed by atoms with E-state index in [9.17, 15) is 9.59 Å². The van der Waals surface area contributed by atoms with Crippen molar-refractivity contribution < 1.29 is 19.1 Å². The second-order valence-electron chi connectivity index (χ2n) is 4.68. The second-order valence-corrected chi connectivity index (χ2v) is 4.68. The molecule has 0 bridgehead atoms. The molecule has 0 spiro atoms. The lowest BCUT2D eigenvalue weighted by Crippen LogP contribution is -2.22. The van der Waals surface area contributed by atoms with E-state index in [4.69, 9.17) is 14.3 Å². The summed E-state index contributed by atoms with van der Waals surface area (Å²) in [7, 11) is 0. The molecule has 0 aliphatic rings. The molecule has 0 aliphatic heterocycles. The topological polar surface area (TPSA) is 76.7 Å². The van der Waals surface area contributed by atoms with Crippen LogP contribution in [-0.2, 0) is 4.79 Å². The molecule has 1 aromatic heterocycles. The maximum atomic E-state index is 12.4. The van der Waals surface area contributed by atoms with Gasteiger partial charge in [0.25, 0.3) is 0 Å². The van der Waals surface area contributed by atoms with Gasteiger partial charge >= 0.3 is 5.97 Å². The van der Waals surface area contributed by atoms with Gasteiger partial charge in [0.1, 0.15) is 16.9 Å². The number of hydrogen-bond donors (Lipinski definition) is 1. The van der Waals surface area contributed by atoms with Gasteiger partial charge in [0.2, 0.25) is 5.43 Å². The number of fused-ring (bicyclic) bond motifs is 2. The molecule has 21 heavy (non-hydrogen) atoms. The number of para-hydroxylation sites is 1. The molecule has 3 rings (SSSR count). The summed E-state index contributed by atoms with van der Waals surface area (Å²) in [6.45, 7) is 1.43. The van der Waals surface area contributed by atoms with Gasteiger partial charge in [-0.1, -0.05) is 12.1 Å². The first-order valence-corrected chi connectivity index (χ1v) is 6.41. The third kappa shape index (κ3) is 2.33. The van der Waals surface area contributed by atoms with Crippen LogP contribution in [0.15, 0.2) is 51.7 Å². The predicted molar refractivity (Wildman–Crippen MR) is 77.7 cm³/mol. The first-order chi connectivity index (χ1) is 10.1. The number of benzene rings is 2. The van der Waals surface area contributed by atoms with E-state index < -0.39 is 12.1 Å². The maximum Gasteiger partial charge on any atom is 0.344 e. The molecule has 0 fully saturated rings. The molecule has 0 unspecified atom stereocenters. The Balaban J connectivity index is 2.17. The van der Waals surface area contributed by atoms with Gasteiger partial charge in [-0.05, 0) is 37.3 Å². The average molecular weight is 284 g/mol. The number of aliphatic carboxylic acids is 1. The summed E-state index contributed by atoms with van der Waals surface area (Å²) in [5, 5.41) is 9.69. The summed E-state index contributed by atoms with van der Waals surface area (Å²) in [4.78, 5) is 23.2. The van der Waals surface area contributed by atoms with Crippen LogP contribution >= 0.6 is 0 Å². The van der Waals surface area contributed by atoms with Crippen LogP contribution in [0.3, 0.4) is 0 Å². The van der Waals surface area contributed by atoms with Crippen molar-refractivity contribution in [3.8, 4) is 5.75 Å². The standard InChI is InChI=1S/C16H12O5/c1-9(16(18)19)20-10-6-7-14-12(8-10)15(17)11-4-2-3-5-13(11)21-14/h2-9H,1H3,(H,18,19)/t9-/m1/s1. The smallest absolute Gasteiger partial charge is 0.344 e. The number of ether oxygens (including phenoxy) is 1. The zero-order valence-corrected chi connectivity index (χ0v) is 11.2. The van der Waals surface area contributed by atoms with E-state index >= 15 is 0 Å². The molecule has 0 saturated carbocycles. The largest absolute Gasteiger partial charge is 0.479 e. The van der Waals surface area contributed by atoms with Gasteiger partial charge in [-0.15, -0.1) is 0 Å². The van der Waals surface area contributed by atoms with Crippen molar-refractivity contribution in [2.75, 3.05) is 0 Å². The van der Waals surface area contributed by atoms with E-state index in [2.05, 4.69) is 0 Å². The Kier molecular flexibility index (Phi) is 3.10. The van der Waals surface area contributed by atoms with E-state index in [0.717, 1.165) is 0 Å². The summed E-state index contributed by atoms with van der Waals surface area (Å²) in [6.07, 6.45) is -0.991.